The normalized spacial score (nSPS) is 19.1. The molecular formula is C19H16Cl2N4O. The molecule has 132 valence electrons. The average Bonchev–Trinajstić information content (AvgIpc) is 2.98. The Morgan fingerprint density at radius 2 is 1.92 bits per heavy atom. The van der Waals surface area contributed by atoms with Gasteiger partial charge in [0, 0.05) is 40.6 Å². The van der Waals surface area contributed by atoms with Crippen molar-refractivity contribution in [1.29, 1.82) is 0 Å². The highest BCUT2D eigenvalue weighted by Gasteiger charge is 2.31. The Bertz CT molecular complexity index is 941. The number of amides is 1. The predicted octanol–water partition coefficient (Wildman–Crippen LogP) is 3.79. The van der Waals surface area contributed by atoms with Crippen molar-refractivity contribution in [3.8, 4) is 0 Å². The Morgan fingerprint density at radius 3 is 2.65 bits per heavy atom. The summed E-state index contributed by atoms with van der Waals surface area (Å²) in [4.78, 5) is 21.5. The van der Waals surface area contributed by atoms with Crippen LogP contribution in [0.5, 0.6) is 0 Å². The summed E-state index contributed by atoms with van der Waals surface area (Å²) in [6, 6.07) is 12.8. The number of rotatable bonds is 2. The number of carbonyl (C=O) groups excluding carboxylic acids is 1. The first-order valence-electron chi connectivity index (χ1n) is 8.11. The van der Waals surface area contributed by atoms with Gasteiger partial charge in [0.25, 0.3) is 5.91 Å². The van der Waals surface area contributed by atoms with Gasteiger partial charge in [-0.25, -0.2) is 4.99 Å². The van der Waals surface area contributed by atoms with Crippen LogP contribution in [0.1, 0.15) is 11.1 Å². The molecule has 0 aliphatic carbocycles. The SMILES string of the molecule is CN1C=CN(C2N=C(c3ccccc3Cl)c3cc(Cl)ccc3NC2=O)C1. The second-order valence-electron chi connectivity index (χ2n) is 6.22. The fraction of sp³-hybridized carbons (Fsp3) is 0.158. The third-order valence-electron chi connectivity index (χ3n) is 4.32. The minimum Gasteiger partial charge on any atom is -0.362 e. The summed E-state index contributed by atoms with van der Waals surface area (Å²) in [5.41, 5.74) is 2.81. The van der Waals surface area contributed by atoms with E-state index in [9.17, 15) is 4.79 Å². The van der Waals surface area contributed by atoms with Crippen molar-refractivity contribution in [2.45, 2.75) is 6.17 Å². The van der Waals surface area contributed by atoms with Crippen LogP contribution in [0.3, 0.4) is 0 Å². The van der Waals surface area contributed by atoms with Gasteiger partial charge in [0.05, 0.1) is 18.1 Å². The largest absolute Gasteiger partial charge is 0.362 e. The van der Waals surface area contributed by atoms with E-state index >= 15 is 0 Å². The average molecular weight is 387 g/mol. The molecule has 2 heterocycles. The molecule has 2 aromatic rings. The van der Waals surface area contributed by atoms with Gasteiger partial charge in [-0.15, -0.1) is 0 Å². The molecule has 0 fully saturated rings. The summed E-state index contributed by atoms with van der Waals surface area (Å²) in [7, 11) is 1.94. The first-order chi connectivity index (χ1) is 12.5. The van der Waals surface area contributed by atoms with E-state index in [0.29, 0.717) is 28.1 Å². The molecule has 26 heavy (non-hydrogen) atoms. The predicted molar refractivity (Wildman–Crippen MR) is 105 cm³/mol. The van der Waals surface area contributed by atoms with Crippen LogP contribution in [0.25, 0.3) is 0 Å². The summed E-state index contributed by atoms with van der Waals surface area (Å²) in [6.07, 6.45) is 3.07. The number of carbonyl (C=O) groups is 1. The van der Waals surface area contributed by atoms with Crippen molar-refractivity contribution in [3.63, 3.8) is 0 Å². The maximum absolute atomic E-state index is 12.8. The minimum atomic E-state index is -0.700. The summed E-state index contributed by atoms with van der Waals surface area (Å²) in [6.45, 7) is 0.578. The monoisotopic (exact) mass is 386 g/mol. The number of benzene rings is 2. The smallest absolute Gasteiger partial charge is 0.269 e. The minimum absolute atomic E-state index is 0.199. The van der Waals surface area contributed by atoms with Crippen LogP contribution in [0.2, 0.25) is 10.0 Å². The van der Waals surface area contributed by atoms with Crippen molar-refractivity contribution in [2.75, 3.05) is 19.0 Å². The summed E-state index contributed by atoms with van der Waals surface area (Å²) in [5.74, 6) is -0.199. The van der Waals surface area contributed by atoms with Crippen LogP contribution in [0.15, 0.2) is 59.9 Å². The molecular weight excluding hydrogens is 371 g/mol. The van der Waals surface area contributed by atoms with Gasteiger partial charge in [-0.05, 0) is 24.3 Å². The van der Waals surface area contributed by atoms with E-state index in [0.717, 1.165) is 11.1 Å². The lowest BCUT2D eigenvalue weighted by Gasteiger charge is -2.24. The van der Waals surface area contributed by atoms with Crippen LogP contribution < -0.4 is 5.32 Å². The first kappa shape index (κ1) is 16.9. The second-order valence-corrected chi connectivity index (χ2v) is 7.06. The van der Waals surface area contributed by atoms with Gasteiger partial charge < -0.3 is 15.1 Å². The molecule has 7 heteroatoms. The van der Waals surface area contributed by atoms with Crippen LogP contribution in [0, 0.1) is 0 Å². The van der Waals surface area contributed by atoms with Gasteiger partial charge in [-0.3, -0.25) is 4.79 Å². The number of nitrogens with one attached hydrogen (secondary N) is 1. The lowest BCUT2D eigenvalue weighted by molar-refractivity contribution is -0.120. The van der Waals surface area contributed by atoms with Crippen molar-refractivity contribution >= 4 is 40.5 Å². The molecule has 0 radical (unpaired) electrons. The molecule has 1 atom stereocenters. The van der Waals surface area contributed by atoms with E-state index in [1.807, 2.05) is 53.5 Å². The Hall–Kier alpha value is -2.50. The van der Waals surface area contributed by atoms with Crippen LogP contribution in [-0.2, 0) is 4.79 Å². The van der Waals surface area contributed by atoms with Crippen LogP contribution in [0.4, 0.5) is 5.69 Å². The number of anilines is 1. The highest BCUT2D eigenvalue weighted by atomic mass is 35.5. The van der Waals surface area contributed by atoms with Crippen LogP contribution in [-0.4, -0.2) is 41.3 Å². The lowest BCUT2D eigenvalue weighted by Crippen LogP contribution is -2.40. The lowest BCUT2D eigenvalue weighted by atomic mass is 10.0. The number of fused-ring (bicyclic) bond motifs is 1. The van der Waals surface area contributed by atoms with E-state index in [-0.39, 0.29) is 5.91 Å². The Labute approximate surface area is 161 Å². The molecule has 1 N–H and O–H groups in total. The van der Waals surface area contributed by atoms with Gasteiger partial charge in [-0.2, -0.15) is 0 Å². The number of nitrogens with zero attached hydrogens (tertiary/aromatic N) is 3. The van der Waals surface area contributed by atoms with E-state index in [1.165, 1.54) is 0 Å². The summed E-state index contributed by atoms with van der Waals surface area (Å²) >= 11 is 12.6. The van der Waals surface area contributed by atoms with Gasteiger partial charge in [0.2, 0.25) is 6.17 Å². The van der Waals surface area contributed by atoms with Crippen LogP contribution >= 0.6 is 23.2 Å². The number of halogens is 2. The van der Waals surface area contributed by atoms with E-state index < -0.39 is 6.17 Å². The molecule has 0 saturated carbocycles. The van der Waals surface area contributed by atoms with Crippen molar-refractivity contribution in [1.82, 2.24) is 9.80 Å². The van der Waals surface area contributed by atoms with Gasteiger partial charge >= 0.3 is 0 Å². The number of hydrogen-bond acceptors (Lipinski definition) is 4. The quantitative estimate of drug-likeness (QED) is 0.853. The van der Waals surface area contributed by atoms with E-state index in [1.54, 1.807) is 18.2 Å². The third-order valence-corrected chi connectivity index (χ3v) is 4.89. The summed E-state index contributed by atoms with van der Waals surface area (Å²) in [5, 5.41) is 4.10. The molecule has 4 rings (SSSR count). The van der Waals surface area contributed by atoms with Crippen molar-refractivity contribution in [3.05, 3.63) is 76.0 Å². The molecule has 5 nitrogen and oxygen atoms in total. The second kappa shape index (κ2) is 6.67. The van der Waals surface area contributed by atoms with Crippen molar-refractivity contribution < 1.29 is 4.79 Å². The molecule has 2 aliphatic rings. The molecule has 0 saturated heterocycles. The fourth-order valence-corrected chi connectivity index (χ4v) is 3.47. The fourth-order valence-electron chi connectivity index (χ4n) is 3.07. The van der Waals surface area contributed by atoms with Gasteiger partial charge in [0.15, 0.2) is 0 Å². The van der Waals surface area contributed by atoms with Gasteiger partial charge in [0.1, 0.15) is 0 Å². The highest BCUT2D eigenvalue weighted by Crippen LogP contribution is 2.30. The third kappa shape index (κ3) is 3.04. The molecule has 0 bridgehead atoms. The number of benzodiazepines with no additional fused rings is 1. The Morgan fingerprint density at radius 1 is 1.12 bits per heavy atom. The molecule has 0 aromatic heterocycles. The maximum Gasteiger partial charge on any atom is 0.269 e. The molecule has 1 amide bonds. The zero-order chi connectivity index (χ0) is 18.3. The molecule has 1 unspecified atom stereocenters. The molecule has 2 aliphatic heterocycles. The van der Waals surface area contributed by atoms with E-state index in [4.69, 9.17) is 28.2 Å². The topological polar surface area (TPSA) is 47.9 Å². The number of aliphatic imine (C=N–C) groups is 1. The van der Waals surface area contributed by atoms with Gasteiger partial charge in [-0.1, -0.05) is 41.4 Å². The first-order valence-corrected chi connectivity index (χ1v) is 8.86. The van der Waals surface area contributed by atoms with Crippen molar-refractivity contribution in [2.24, 2.45) is 4.99 Å². The highest BCUT2D eigenvalue weighted by molar-refractivity contribution is 6.37. The zero-order valence-electron chi connectivity index (χ0n) is 14.0. The Kier molecular flexibility index (Phi) is 4.34. The Balaban J connectivity index is 1.90. The molecule has 0 spiro atoms. The zero-order valence-corrected chi connectivity index (χ0v) is 15.5. The number of hydrogen-bond donors (Lipinski definition) is 1. The summed E-state index contributed by atoms with van der Waals surface area (Å²) < 4.78 is 0. The molecule has 2 aromatic carbocycles. The van der Waals surface area contributed by atoms with E-state index in [2.05, 4.69) is 5.32 Å². The maximum atomic E-state index is 12.8. The standard InChI is InChI=1S/C19H16Cl2N4O/c1-24-8-9-25(11-24)18-19(26)22-16-7-6-12(20)10-14(16)17(23-18)13-4-2-3-5-15(13)21/h2-10,18H,11H2,1H3,(H,22,26).